The van der Waals surface area contributed by atoms with Gasteiger partial charge in [0.25, 0.3) is 0 Å². The van der Waals surface area contributed by atoms with Crippen LogP contribution in [0.5, 0.6) is 5.75 Å². The van der Waals surface area contributed by atoms with E-state index in [1.54, 1.807) is 7.11 Å². The van der Waals surface area contributed by atoms with Gasteiger partial charge < -0.3 is 4.74 Å². The van der Waals surface area contributed by atoms with E-state index in [4.69, 9.17) is 11.2 Å². The Morgan fingerprint density at radius 3 is 2.83 bits per heavy atom. The summed E-state index contributed by atoms with van der Waals surface area (Å²) in [7, 11) is 1.67. The molecule has 0 aliphatic carbocycles. The SMILES string of the molecule is C#CCc1ccc(C)c(OC)c1. The van der Waals surface area contributed by atoms with E-state index in [1.165, 1.54) is 0 Å². The summed E-state index contributed by atoms with van der Waals surface area (Å²) in [5.74, 6) is 3.50. The zero-order valence-corrected chi connectivity index (χ0v) is 7.42. The number of rotatable bonds is 2. The van der Waals surface area contributed by atoms with E-state index < -0.39 is 0 Å². The number of hydrogen-bond acceptors (Lipinski definition) is 1. The van der Waals surface area contributed by atoms with E-state index in [-0.39, 0.29) is 0 Å². The molecule has 0 spiro atoms. The molecule has 0 saturated heterocycles. The molecule has 0 atom stereocenters. The van der Waals surface area contributed by atoms with Gasteiger partial charge in [-0.15, -0.1) is 12.3 Å². The molecule has 0 N–H and O–H groups in total. The van der Waals surface area contributed by atoms with Crippen LogP contribution in [0.4, 0.5) is 0 Å². The Balaban J connectivity index is 2.98. The topological polar surface area (TPSA) is 9.23 Å². The van der Waals surface area contributed by atoms with Crippen molar-refractivity contribution in [3.05, 3.63) is 29.3 Å². The molecule has 0 aromatic heterocycles. The van der Waals surface area contributed by atoms with Gasteiger partial charge in [-0.05, 0) is 24.1 Å². The summed E-state index contributed by atoms with van der Waals surface area (Å²) in [4.78, 5) is 0. The van der Waals surface area contributed by atoms with E-state index in [1.807, 2.05) is 25.1 Å². The van der Waals surface area contributed by atoms with Crippen LogP contribution in [-0.2, 0) is 6.42 Å². The molecule has 1 nitrogen and oxygen atoms in total. The fraction of sp³-hybridized carbons (Fsp3) is 0.273. The maximum absolute atomic E-state index is 5.20. The highest BCUT2D eigenvalue weighted by Gasteiger charge is 1.98. The number of hydrogen-bond donors (Lipinski definition) is 0. The lowest BCUT2D eigenvalue weighted by Gasteiger charge is -2.05. The zero-order valence-electron chi connectivity index (χ0n) is 7.42. The van der Waals surface area contributed by atoms with Gasteiger partial charge in [0.1, 0.15) is 5.75 Å². The molecule has 1 heteroatoms. The van der Waals surface area contributed by atoms with Crippen molar-refractivity contribution >= 4 is 0 Å². The van der Waals surface area contributed by atoms with Crippen LogP contribution in [-0.4, -0.2) is 7.11 Å². The van der Waals surface area contributed by atoms with Crippen LogP contribution in [0, 0.1) is 19.3 Å². The highest BCUT2D eigenvalue weighted by atomic mass is 16.5. The molecule has 12 heavy (non-hydrogen) atoms. The van der Waals surface area contributed by atoms with E-state index in [0.29, 0.717) is 6.42 Å². The molecular formula is C11H12O. The lowest BCUT2D eigenvalue weighted by Crippen LogP contribution is -1.89. The molecule has 0 heterocycles. The summed E-state index contributed by atoms with van der Waals surface area (Å²) < 4.78 is 5.16. The first-order valence-corrected chi connectivity index (χ1v) is 3.85. The second-order valence-electron chi connectivity index (χ2n) is 2.68. The molecule has 1 aromatic carbocycles. The van der Waals surface area contributed by atoms with E-state index in [0.717, 1.165) is 16.9 Å². The van der Waals surface area contributed by atoms with Gasteiger partial charge in [-0.25, -0.2) is 0 Å². The van der Waals surface area contributed by atoms with E-state index in [2.05, 4.69) is 5.92 Å². The normalized spacial score (nSPS) is 9.08. The molecule has 0 unspecified atom stereocenters. The summed E-state index contributed by atoms with van der Waals surface area (Å²) in [6.07, 6.45) is 5.86. The van der Waals surface area contributed by atoms with Crippen LogP contribution in [0.3, 0.4) is 0 Å². The quantitative estimate of drug-likeness (QED) is 0.602. The van der Waals surface area contributed by atoms with Crippen molar-refractivity contribution < 1.29 is 4.74 Å². The summed E-state index contributed by atoms with van der Waals surface area (Å²) in [6.45, 7) is 2.01. The Kier molecular flexibility index (Phi) is 2.76. The van der Waals surface area contributed by atoms with Crippen LogP contribution in [0.2, 0.25) is 0 Å². The van der Waals surface area contributed by atoms with Crippen molar-refractivity contribution in [1.29, 1.82) is 0 Å². The molecule has 0 bridgehead atoms. The third kappa shape index (κ3) is 1.79. The van der Waals surface area contributed by atoms with Crippen molar-refractivity contribution in [2.24, 2.45) is 0 Å². The highest BCUT2D eigenvalue weighted by Crippen LogP contribution is 2.18. The first-order chi connectivity index (χ1) is 5.77. The summed E-state index contributed by atoms with van der Waals surface area (Å²) in [5.41, 5.74) is 2.26. The predicted octanol–water partition coefficient (Wildman–Crippen LogP) is 2.18. The minimum atomic E-state index is 0.663. The van der Waals surface area contributed by atoms with Gasteiger partial charge in [0, 0.05) is 6.42 Å². The van der Waals surface area contributed by atoms with Gasteiger partial charge in [-0.3, -0.25) is 0 Å². The largest absolute Gasteiger partial charge is 0.496 e. The third-order valence-electron chi connectivity index (χ3n) is 1.78. The summed E-state index contributed by atoms with van der Waals surface area (Å²) in [6, 6.07) is 6.03. The number of ether oxygens (including phenoxy) is 1. The molecule has 1 aromatic rings. The summed E-state index contributed by atoms with van der Waals surface area (Å²) in [5, 5.41) is 0. The van der Waals surface area contributed by atoms with Crippen molar-refractivity contribution in [3.63, 3.8) is 0 Å². The van der Waals surface area contributed by atoms with E-state index >= 15 is 0 Å². The fourth-order valence-electron chi connectivity index (χ4n) is 1.09. The molecule has 0 saturated carbocycles. The Hall–Kier alpha value is -1.42. The lowest BCUT2D eigenvalue weighted by molar-refractivity contribution is 0.411. The van der Waals surface area contributed by atoms with Crippen molar-refractivity contribution in [3.8, 4) is 18.1 Å². The maximum Gasteiger partial charge on any atom is 0.122 e. The van der Waals surface area contributed by atoms with Crippen LogP contribution in [0.25, 0.3) is 0 Å². The average Bonchev–Trinajstić information content (AvgIpc) is 2.09. The Morgan fingerprint density at radius 1 is 1.50 bits per heavy atom. The van der Waals surface area contributed by atoms with Gasteiger partial charge >= 0.3 is 0 Å². The minimum Gasteiger partial charge on any atom is -0.496 e. The summed E-state index contributed by atoms with van der Waals surface area (Å²) >= 11 is 0. The van der Waals surface area contributed by atoms with Crippen LogP contribution in [0.1, 0.15) is 11.1 Å². The molecule has 0 fully saturated rings. The van der Waals surface area contributed by atoms with E-state index in [9.17, 15) is 0 Å². The monoisotopic (exact) mass is 160 g/mol. The number of benzene rings is 1. The predicted molar refractivity (Wildman–Crippen MR) is 50.3 cm³/mol. The van der Waals surface area contributed by atoms with Gasteiger partial charge in [0.15, 0.2) is 0 Å². The fourth-order valence-corrected chi connectivity index (χ4v) is 1.09. The first kappa shape index (κ1) is 8.67. The lowest BCUT2D eigenvalue weighted by atomic mass is 10.1. The Bertz CT molecular complexity index is 307. The standard InChI is InChI=1S/C11H12O/c1-4-5-10-7-6-9(2)11(8-10)12-3/h1,6-8H,5H2,2-3H3. The molecule has 1 rings (SSSR count). The molecular weight excluding hydrogens is 148 g/mol. The average molecular weight is 160 g/mol. The second-order valence-corrected chi connectivity index (χ2v) is 2.68. The van der Waals surface area contributed by atoms with Crippen LogP contribution >= 0.6 is 0 Å². The number of aryl methyl sites for hydroxylation is 1. The maximum atomic E-state index is 5.20. The van der Waals surface area contributed by atoms with Crippen LogP contribution < -0.4 is 4.74 Å². The number of methoxy groups -OCH3 is 1. The van der Waals surface area contributed by atoms with Gasteiger partial charge in [0.05, 0.1) is 7.11 Å². The number of terminal acetylenes is 1. The van der Waals surface area contributed by atoms with Crippen molar-refractivity contribution in [2.45, 2.75) is 13.3 Å². The zero-order chi connectivity index (χ0) is 8.97. The molecule has 62 valence electrons. The molecule has 0 radical (unpaired) electrons. The van der Waals surface area contributed by atoms with Gasteiger partial charge in [-0.1, -0.05) is 12.1 Å². The van der Waals surface area contributed by atoms with Crippen molar-refractivity contribution in [1.82, 2.24) is 0 Å². The molecule has 0 aliphatic heterocycles. The minimum absolute atomic E-state index is 0.663. The highest BCUT2D eigenvalue weighted by molar-refractivity contribution is 5.37. The van der Waals surface area contributed by atoms with Crippen LogP contribution in [0.15, 0.2) is 18.2 Å². The molecule has 0 aliphatic rings. The molecule has 0 amide bonds. The van der Waals surface area contributed by atoms with Gasteiger partial charge in [-0.2, -0.15) is 0 Å². The second kappa shape index (κ2) is 3.82. The third-order valence-corrected chi connectivity index (χ3v) is 1.78. The first-order valence-electron chi connectivity index (χ1n) is 3.85. The smallest absolute Gasteiger partial charge is 0.122 e. The Morgan fingerprint density at radius 2 is 2.25 bits per heavy atom. The Labute approximate surface area is 73.4 Å². The van der Waals surface area contributed by atoms with Gasteiger partial charge in [0.2, 0.25) is 0 Å². The van der Waals surface area contributed by atoms with Crippen molar-refractivity contribution in [2.75, 3.05) is 7.11 Å².